The Bertz CT molecular complexity index is 918. The van der Waals surface area contributed by atoms with Crippen molar-refractivity contribution in [1.29, 1.82) is 0 Å². The topological polar surface area (TPSA) is 54.3 Å². The number of hydrogen-bond donors (Lipinski definition) is 2. The van der Waals surface area contributed by atoms with Crippen LogP contribution >= 0.6 is 0 Å². The second-order valence-electron chi connectivity index (χ2n) is 5.50. The van der Waals surface area contributed by atoms with Gasteiger partial charge in [0.1, 0.15) is 12.3 Å². The number of rotatable bonds is 4. The summed E-state index contributed by atoms with van der Waals surface area (Å²) in [6.07, 6.45) is 1.89. The van der Waals surface area contributed by atoms with Crippen LogP contribution in [-0.2, 0) is 6.54 Å². The van der Waals surface area contributed by atoms with Gasteiger partial charge in [0.15, 0.2) is 0 Å². The van der Waals surface area contributed by atoms with Crippen molar-refractivity contribution in [1.82, 2.24) is 4.57 Å². The lowest BCUT2D eigenvalue weighted by Gasteiger charge is -2.10. The van der Waals surface area contributed by atoms with Gasteiger partial charge >= 0.3 is 0 Å². The first-order chi connectivity index (χ1) is 12.3. The van der Waals surface area contributed by atoms with Crippen LogP contribution in [0.4, 0.5) is 5.69 Å². The summed E-state index contributed by atoms with van der Waals surface area (Å²) in [4.78, 5) is 12.6. The number of carbonyl (C=O) groups is 1. The molecule has 0 bridgehead atoms. The number of nitrogens with zero attached hydrogens (tertiary/aromatic N) is 1. The lowest BCUT2D eigenvalue weighted by Crippen LogP contribution is -2.17. The van der Waals surface area contributed by atoms with E-state index < -0.39 is 0 Å². The molecule has 0 atom stereocenters. The molecule has 25 heavy (non-hydrogen) atoms. The van der Waals surface area contributed by atoms with Crippen LogP contribution in [0.15, 0.2) is 72.9 Å². The number of anilines is 1. The van der Waals surface area contributed by atoms with Crippen LogP contribution in [-0.4, -0.2) is 22.2 Å². The molecule has 3 aromatic rings. The molecule has 0 radical (unpaired) electrons. The van der Waals surface area contributed by atoms with E-state index in [9.17, 15) is 4.79 Å². The Morgan fingerprint density at radius 1 is 1.04 bits per heavy atom. The third-order valence-electron chi connectivity index (χ3n) is 3.69. The summed E-state index contributed by atoms with van der Waals surface area (Å²) in [7, 11) is 0. The average molecular weight is 330 g/mol. The van der Waals surface area contributed by atoms with Gasteiger partial charge in [-0.1, -0.05) is 48.2 Å². The number of aliphatic hydroxyl groups is 1. The molecule has 0 saturated carbocycles. The van der Waals surface area contributed by atoms with Crippen molar-refractivity contribution >= 4 is 11.6 Å². The zero-order chi connectivity index (χ0) is 17.5. The van der Waals surface area contributed by atoms with Crippen molar-refractivity contribution in [2.75, 3.05) is 11.9 Å². The second-order valence-corrected chi connectivity index (χ2v) is 5.50. The van der Waals surface area contributed by atoms with Crippen LogP contribution in [0.25, 0.3) is 0 Å². The zero-order valence-corrected chi connectivity index (χ0v) is 13.6. The molecule has 124 valence electrons. The van der Waals surface area contributed by atoms with Crippen molar-refractivity contribution in [3.63, 3.8) is 0 Å². The van der Waals surface area contributed by atoms with Crippen molar-refractivity contribution < 1.29 is 9.90 Å². The van der Waals surface area contributed by atoms with Crippen LogP contribution < -0.4 is 5.32 Å². The Balaban J connectivity index is 1.75. The van der Waals surface area contributed by atoms with E-state index in [2.05, 4.69) is 17.2 Å². The molecule has 1 aromatic heterocycles. The number of carbonyl (C=O) groups excluding carboxylic acids is 1. The first-order valence-corrected chi connectivity index (χ1v) is 7.96. The quantitative estimate of drug-likeness (QED) is 0.722. The minimum atomic E-state index is -0.191. The molecule has 0 spiro atoms. The summed E-state index contributed by atoms with van der Waals surface area (Å²) < 4.78 is 1.92. The average Bonchev–Trinajstić information content (AvgIpc) is 3.09. The highest BCUT2D eigenvalue weighted by molar-refractivity contribution is 6.03. The molecule has 4 heteroatoms. The lowest BCUT2D eigenvalue weighted by molar-refractivity contribution is 0.101. The van der Waals surface area contributed by atoms with Crippen molar-refractivity contribution in [2.24, 2.45) is 0 Å². The smallest absolute Gasteiger partial charge is 0.272 e. The fourth-order valence-corrected chi connectivity index (χ4v) is 2.55. The molecule has 0 aliphatic rings. The van der Waals surface area contributed by atoms with Gasteiger partial charge in [-0.2, -0.15) is 0 Å². The van der Waals surface area contributed by atoms with E-state index in [0.29, 0.717) is 17.9 Å². The number of hydrogen-bond acceptors (Lipinski definition) is 2. The standard InChI is InChI=1S/C21H18N2O2/c24-14-6-10-17-9-4-11-19(15-17)22-21(25)20-12-5-13-23(20)16-18-7-2-1-3-8-18/h1-5,7-9,11-13,15,24H,14,16H2,(H,22,25). The number of benzene rings is 2. The monoisotopic (exact) mass is 330 g/mol. The first-order valence-electron chi connectivity index (χ1n) is 7.96. The molecule has 1 amide bonds. The number of nitrogens with one attached hydrogen (secondary N) is 1. The van der Waals surface area contributed by atoms with Gasteiger partial charge in [0.2, 0.25) is 0 Å². The van der Waals surface area contributed by atoms with Crippen LogP contribution in [0, 0.1) is 11.8 Å². The molecule has 0 aliphatic heterocycles. The second kappa shape index (κ2) is 8.00. The highest BCUT2D eigenvalue weighted by atomic mass is 16.2. The number of aromatic nitrogens is 1. The third-order valence-corrected chi connectivity index (χ3v) is 3.69. The molecular weight excluding hydrogens is 312 g/mol. The normalized spacial score (nSPS) is 9.96. The van der Waals surface area contributed by atoms with Crippen molar-refractivity contribution in [3.8, 4) is 11.8 Å². The fourth-order valence-electron chi connectivity index (χ4n) is 2.55. The minimum Gasteiger partial charge on any atom is -0.384 e. The Kier molecular flexibility index (Phi) is 5.30. The molecule has 0 saturated heterocycles. The van der Waals surface area contributed by atoms with E-state index in [0.717, 1.165) is 11.1 Å². The summed E-state index contributed by atoms with van der Waals surface area (Å²) in [5.41, 5.74) is 3.14. The van der Waals surface area contributed by atoms with E-state index in [-0.39, 0.29) is 12.5 Å². The van der Waals surface area contributed by atoms with E-state index in [4.69, 9.17) is 5.11 Å². The lowest BCUT2D eigenvalue weighted by atomic mass is 10.2. The SMILES string of the molecule is O=C(Nc1cccc(C#CCO)c1)c1cccn1Cc1ccccc1. The Morgan fingerprint density at radius 3 is 2.68 bits per heavy atom. The molecule has 0 aliphatic carbocycles. The maximum atomic E-state index is 12.6. The third kappa shape index (κ3) is 4.37. The van der Waals surface area contributed by atoms with E-state index >= 15 is 0 Å². The predicted molar refractivity (Wildman–Crippen MR) is 98.3 cm³/mol. The number of amides is 1. The van der Waals surface area contributed by atoms with Gasteiger partial charge in [-0.05, 0) is 35.9 Å². The Hall–Kier alpha value is -3.29. The predicted octanol–water partition coefficient (Wildman–Crippen LogP) is 3.13. The Morgan fingerprint density at radius 2 is 1.88 bits per heavy atom. The van der Waals surface area contributed by atoms with Gasteiger partial charge in [-0.15, -0.1) is 0 Å². The van der Waals surface area contributed by atoms with Gasteiger partial charge in [0, 0.05) is 24.0 Å². The highest BCUT2D eigenvalue weighted by Gasteiger charge is 2.11. The van der Waals surface area contributed by atoms with Gasteiger partial charge < -0.3 is 15.0 Å². The molecule has 1 heterocycles. The molecule has 0 unspecified atom stereocenters. The minimum absolute atomic E-state index is 0.173. The van der Waals surface area contributed by atoms with Gasteiger partial charge in [0.25, 0.3) is 5.91 Å². The summed E-state index contributed by atoms with van der Waals surface area (Å²) in [5, 5.41) is 11.7. The molecule has 2 N–H and O–H groups in total. The van der Waals surface area contributed by atoms with Gasteiger partial charge in [0.05, 0.1) is 0 Å². The molecule has 2 aromatic carbocycles. The maximum absolute atomic E-state index is 12.6. The van der Waals surface area contributed by atoms with Crippen LogP contribution in [0.2, 0.25) is 0 Å². The summed E-state index contributed by atoms with van der Waals surface area (Å²) in [5.74, 6) is 5.26. The maximum Gasteiger partial charge on any atom is 0.272 e. The largest absolute Gasteiger partial charge is 0.384 e. The van der Waals surface area contributed by atoms with E-state index in [1.807, 2.05) is 65.4 Å². The first kappa shape index (κ1) is 16.6. The summed E-state index contributed by atoms with van der Waals surface area (Å²) in [6, 6.07) is 20.9. The zero-order valence-electron chi connectivity index (χ0n) is 13.6. The molecule has 0 fully saturated rings. The summed E-state index contributed by atoms with van der Waals surface area (Å²) in [6.45, 7) is 0.447. The fraction of sp³-hybridized carbons (Fsp3) is 0.0952. The van der Waals surface area contributed by atoms with Gasteiger partial charge in [-0.25, -0.2) is 0 Å². The van der Waals surface area contributed by atoms with Crippen LogP contribution in [0.1, 0.15) is 21.6 Å². The van der Waals surface area contributed by atoms with E-state index in [1.54, 1.807) is 12.1 Å². The summed E-state index contributed by atoms with van der Waals surface area (Å²) >= 11 is 0. The highest BCUT2D eigenvalue weighted by Crippen LogP contribution is 2.13. The molecule has 4 nitrogen and oxygen atoms in total. The van der Waals surface area contributed by atoms with E-state index in [1.165, 1.54) is 0 Å². The molecule has 3 rings (SSSR count). The van der Waals surface area contributed by atoms with Crippen LogP contribution in [0.3, 0.4) is 0 Å². The molecular formula is C21H18N2O2. The Labute approximate surface area is 146 Å². The van der Waals surface area contributed by atoms with Crippen molar-refractivity contribution in [3.05, 3.63) is 89.7 Å². The van der Waals surface area contributed by atoms with Gasteiger partial charge in [-0.3, -0.25) is 4.79 Å². The number of aliphatic hydroxyl groups excluding tert-OH is 1. The van der Waals surface area contributed by atoms with Crippen molar-refractivity contribution in [2.45, 2.75) is 6.54 Å². The van der Waals surface area contributed by atoms with Crippen LogP contribution in [0.5, 0.6) is 0 Å².